The van der Waals surface area contributed by atoms with Crippen molar-refractivity contribution in [2.24, 2.45) is 5.41 Å². The van der Waals surface area contributed by atoms with Crippen molar-refractivity contribution in [3.8, 4) is 0 Å². The van der Waals surface area contributed by atoms with E-state index in [0.717, 1.165) is 16.8 Å². The molecule has 5 heteroatoms. The van der Waals surface area contributed by atoms with Crippen LogP contribution in [-0.2, 0) is 20.9 Å². The van der Waals surface area contributed by atoms with Crippen LogP contribution in [-0.4, -0.2) is 29.8 Å². The molecule has 0 spiro atoms. The summed E-state index contributed by atoms with van der Waals surface area (Å²) in [6, 6.07) is 18.1. The number of para-hydroxylation sites is 1. The fourth-order valence-corrected chi connectivity index (χ4v) is 5.11. The van der Waals surface area contributed by atoms with E-state index in [1.165, 1.54) is 18.1 Å². The number of hydrogen-bond donors (Lipinski definition) is 0. The molecule has 2 aliphatic rings. The highest BCUT2D eigenvalue weighted by Crippen LogP contribution is 2.61. The maximum atomic E-state index is 13.2. The van der Waals surface area contributed by atoms with E-state index in [-0.39, 0.29) is 18.1 Å². The molecule has 0 unspecified atom stereocenters. The summed E-state index contributed by atoms with van der Waals surface area (Å²) in [6.45, 7) is 2.67. The van der Waals surface area contributed by atoms with Gasteiger partial charge in [0.05, 0.1) is 13.2 Å². The molecule has 0 amide bonds. The van der Waals surface area contributed by atoms with Crippen LogP contribution in [0.4, 0.5) is 0 Å². The van der Waals surface area contributed by atoms with Gasteiger partial charge in [0.25, 0.3) is 0 Å². The predicted molar refractivity (Wildman–Crippen MR) is 102 cm³/mol. The molecule has 138 valence electrons. The fourth-order valence-electron chi connectivity index (χ4n) is 5.11. The third-order valence-corrected chi connectivity index (χ3v) is 6.21. The Morgan fingerprint density at radius 3 is 2.59 bits per heavy atom. The average Bonchev–Trinajstić information content (AvgIpc) is 3.29. The molecule has 2 aromatic carbocycles. The molecule has 1 aromatic heterocycles. The van der Waals surface area contributed by atoms with Crippen LogP contribution < -0.4 is 0 Å². The molecule has 5 rings (SSSR count). The third-order valence-electron chi connectivity index (χ3n) is 6.21. The van der Waals surface area contributed by atoms with Gasteiger partial charge in [-0.2, -0.15) is 5.06 Å². The standard InChI is InChI=1S/C22H22N2O3/c1-14-16-11-7-8-12-17(16)24-13-22(21(25)26-3)19(18(14)24)23(2)27-20(22)15-9-5-4-6-10-15/h4-12,19-20H,13H2,1-3H3/t19-,20+,22-/m0/s1. The first-order valence-electron chi connectivity index (χ1n) is 9.20. The summed E-state index contributed by atoms with van der Waals surface area (Å²) < 4.78 is 7.61. The van der Waals surface area contributed by atoms with Gasteiger partial charge < -0.3 is 9.30 Å². The highest BCUT2D eigenvalue weighted by Gasteiger charge is 2.66. The number of nitrogens with zero attached hydrogens (tertiary/aromatic N) is 2. The number of carbonyl (C=O) groups is 1. The van der Waals surface area contributed by atoms with Gasteiger partial charge in [0.1, 0.15) is 11.5 Å². The topological polar surface area (TPSA) is 43.7 Å². The van der Waals surface area contributed by atoms with Gasteiger partial charge in [-0.3, -0.25) is 9.63 Å². The third kappa shape index (κ3) is 1.98. The van der Waals surface area contributed by atoms with Gasteiger partial charge in [0.2, 0.25) is 0 Å². The molecule has 3 aromatic rings. The Labute approximate surface area is 158 Å². The summed E-state index contributed by atoms with van der Waals surface area (Å²) in [5.41, 5.74) is 3.68. The van der Waals surface area contributed by atoms with Crippen LogP contribution in [0.1, 0.15) is 29.0 Å². The number of esters is 1. The summed E-state index contributed by atoms with van der Waals surface area (Å²) in [5.74, 6) is -0.224. The van der Waals surface area contributed by atoms with Gasteiger partial charge in [-0.1, -0.05) is 48.5 Å². The molecule has 1 saturated heterocycles. The lowest BCUT2D eigenvalue weighted by atomic mass is 9.74. The quantitative estimate of drug-likeness (QED) is 0.651. The molecule has 3 atom stereocenters. The normalized spacial score (nSPS) is 26.9. The SMILES string of the molecule is COC(=O)[C@@]12Cn3c(c(C)c4ccccc43)[C@@H]1N(C)O[C@@H]2c1ccccc1. The smallest absolute Gasteiger partial charge is 0.318 e. The lowest BCUT2D eigenvalue weighted by Gasteiger charge is -2.29. The number of carbonyl (C=O) groups excluding carboxylic acids is 1. The van der Waals surface area contributed by atoms with E-state index in [2.05, 4.69) is 29.7 Å². The fraction of sp³-hybridized carbons (Fsp3) is 0.318. The molecule has 5 nitrogen and oxygen atoms in total. The van der Waals surface area contributed by atoms with Gasteiger partial charge in [-0.05, 0) is 24.1 Å². The van der Waals surface area contributed by atoms with E-state index in [0.29, 0.717) is 6.54 Å². The summed E-state index contributed by atoms with van der Waals surface area (Å²) in [5, 5.41) is 3.07. The number of ether oxygens (including phenoxy) is 1. The van der Waals surface area contributed by atoms with E-state index in [9.17, 15) is 4.79 Å². The summed E-state index contributed by atoms with van der Waals surface area (Å²) in [6.07, 6.45) is -0.390. The number of benzene rings is 2. The second-order valence-corrected chi connectivity index (χ2v) is 7.49. The second-order valence-electron chi connectivity index (χ2n) is 7.49. The van der Waals surface area contributed by atoms with E-state index in [4.69, 9.17) is 9.57 Å². The van der Waals surface area contributed by atoms with Crippen LogP contribution >= 0.6 is 0 Å². The van der Waals surface area contributed by atoms with Crippen LogP contribution in [0.25, 0.3) is 10.9 Å². The van der Waals surface area contributed by atoms with Crippen molar-refractivity contribution >= 4 is 16.9 Å². The van der Waals surface area contributed by atoms with E-state index in [1.54, 1.807) is 0 Å². The minimum absolute atomic E-state index is 0.192. The largest absolute Gasteiger partial charge is 0.468 e. The van der Waals surface area contributed by atoms with Gasteiger partial charge in [-0.15, -0.1) is 0 Å². The lowest BCUT2D eigenvalue weighted by molar-refractivity contribution is -0.163. The van der Waals surface area contributed by atoms with Gasteiger partial charge in [0.15, 0.2) is 0 Å². The first-order chi connectivity index (χ1) is 13.1. The van der Waals surface area contributed by atoms with Crippen LogP contribution in [0.3, 0.4) is 0 Å². The number of methoxy groups -OCH3 is 1. The van der Waals surface area contributed by atoms with Gasteiger partial charge in [0, 0.05) is 30.2 Å². The van der Waals surface area contributed by atoms with Crippen LogP contribution in [0.5, 0.6) is 0 Å². The summed E-state index contributed by atoms with van der Waals surface area (Å²) in [4.78, 5) is 19.5. The number of aromatic nitrogens is 1. The molecule has 3 heterocycles. The average molecular weight is 362 g/mol. The Balaban J connectivity index is 1.76. The Hall–Kier alpha value is -2.63. The Morgan fingerprint density at radius 1 is 1.15 bits per heavy atom. The zero-order chi connectivity index (χ0) is 18.8. The molecule has 27 heavy (non-hydrogen) atoms. The molecule has 0 N–H and O–H groups in total. The zero-order valence-corrected chi connectivity index (χ0v) is 15.7. The maximum absolute atomic E-state index is 13.2. The predicted octanol–water partition coefficient (Wildman–Crippen LogP) is 3.78. The highest BCUT2D eigenvalue weighted by atomic mass is 16.7. The Bertz CT molecular complexity index is 1040. The van der Waals surface area contributed by atoms with Crippen LogP contribution in [0.2, 0.25) is 0 Å². The van der Waals surface area contributed by atoms with Crippen molar-refractivity contribution in [1.29, 1.82) is 0 Å². The Morgan fingerprint density at radius 2 is 1.85 bits per heavy atom. The number of fused-ring (bicyclic) bond motifs is 5. The number of hydrogen-bond acceptors (Lipinski definition) is 4. The minimum atomic E-state index is -0.811. The van der Waals surface area contributed by atoms with Crippen LogP contribution in [0, 0.1) is 12.3 Å². The molecule has 0 saturated carbocycles. The van der Waals surface area contributed by atoms with Crippen molar-refractivity contribution in [2.75, 3.05) is 14.2 Å². The maximum Gasteiger partial charge on any atom is 0.318 e. The molecule has 0 radical (unpaired) electrons. The van der Waals surface area contributed by atoms with Crippen molar-refractivity contribution in [1.82, 2.24) is 9.63 Å². The monoisotopic (exact) mass is 362 g/mol. The minimum Gasteiger partial charge on any atom is -0.468 e. The Kier molecular flexibility index (Phi) is 3.48. The van der Waals surface area contributed by atoms with Crippen molar-refractivity contribution in [2.45, 2.75) is 25.6 Å². The first-order valence-corrected chi connectivity index (χ1v) is 9.20. The number of aryl methyl sites for hydroxylation is 1. The highest BCUT2D eigenvalue weighted by molar-refractivity contribution is 5.88. The molecule has 1 fully saturated rings. The lowest BCUT2D eigenvalue weighted by Crippen LogP contribution is -2.40. The van der Waals surface area contributed by atoms with Crippen molar-refractivity contribution < 1.29 is 14.4 Å². The number of rotatable bonds is 2. The molecular formula is C22H22N2O3. The molecule has 0 bridgehead atoms. The summed E-state index contributed by atoms with van der Waals surface area (Å²) in [7, 11) is 3.38. The van der Waals surface area contributed by atoms with Gasteiger partial charge >= 0.3 is 5.97 Å². The molecule has 0 aliphatic carbocycles. The zero-order valence-electron chi connectivity index (χ0n) is 15.7. The number of hydroxylamine groups is 2. The van der Waals surface area contributed by atoms with Gasteiger partial charge in [-0.25, -0.2) is 0 Å². The second kappa shape index (κ2) is 5.68. The summed E-state index contributed by atoms with van der Waals surface area (Å²) >= 11 is 0. The molecule has 2 aliphatic heterocycles. The van der Waals surface area contributed by atoms with E-state index in [1.807, 2.05) is 48.5 Å². The van der Waals surface area contributed by atoms with Crippen LogP contribution in [0.15, 0.2) is 54.6 Å². The molecular weight excluding hydrogens is 340 g/mol. The van der Waals surface area contributed by atoms with Crippen molar-refractivity contribution in [3.63, 3.8) is 0 Å². The van der Waals surface area contributed by atoms with E-state index < -0.39 is 5.41 Å². The van der Waals surface area contributed by atoms with Crippen molar-refractivity contribution in [3.05, 3.63) is 71.4 Å². The van der Waals surface area contributed by atoms with E-state index >= 15 is 0 Å². The first kappa shape index (κ1) is 16.5.